The summed E-state index contributed by atoms with van der Waals surface area (Å²) in [5.74, 6) is 0.970. The van der Waals surface area contributed by atoms with Crippen molar-refractivity contribution in [1.82, 2.24) is 20.2 Å². The summed E-state index contributed by atoms with van der Waals surface area (Å²) in [5, 5.41) is 4.93. The molecule has 1 saturated heterocycles. The van der Waals surface area contributed by atoms with Crippen LogP contribution in [0.3, 0.4) is 0 Å². The van der Waals surface area contributed by atoms with Crippen molar-refractivity contribution in [2.75, 3.05) is 13.7 Å². The molecule has 3 aromatic rings. The molecule has 1 aliphatic rings. The van der Waals surface area contributed by atoms with E-state index in [9.17, 15) is 9.59 Å². The quantitative estimate of drug-likeness (QED) is 0.683. The molecule has 2 heterocycles. The topological polar surface area (TPSA) is 87.3 Å². The van der Waals surface area contributed by atoms with Gasteiger partial charge in [-0.25, -0.2) is 9.78 Å². The molecule has 2 N–H and O–H groups in total. The lowest BCUT2D eigenvalue weighted by molar-refractivity contribution is -0.135. The Hall–Kier alpha value is -3.09. The van der Waals surface area contributed by atoms with E-state index in [1.54, 1.807) is 0 Å². The number of nitrogens with zero attached hydrogens (tertiary/aromatic N) is 2. The number of amides is 2. The van der Waals surface area contributed by atoms with Crippen molar-refractivity contribution in [2.24, 2.45) is 11.8 Å². The fourth-order valence-corrected chi connectivity index (χ4v) is 4.35. The van der Waals surface area contributed by atoms with Crippen molar-refractivity contribution < 1.29 is 14.3 Å². The summed E-state index contributed by atoms with van der Waals surface area (Å²) in [7, 11) is 1.30. The second-order valence-electron chi connectivity index (χ2n) is 8.51. The van der Waals surface area contributed by atoms with Gasteiger partial charge in [-0.15, -0.1) is 0 Å². The zero-order valence-electron chi connectivity index (χ0n) is 17.8. The van der Waals surface area contributed by atoms with Crippen LogP contribution in [0, 0.1) is 11.8 Å². The first-order valence-electron chi connectivity index (χ1n) is 10.4. The number of carbonyl (C=O) groups is 2. The number of methoxy groups -OCH3 is 1. The molecular formula is C23H28N4O3. The number of carbonyl (C=O) groups excluding carboxylic acids is 2. The first-order valence-corrected chi connectivity index (χ1v) is 10.4. The zero-order chi connectivity index (χ0) is 21.4. The minimum Gasteiger partial charge on any atom is -0.453 e. The van der Waals surface area contributed by atoms with Gasteiger partial charge in [0.15, 0.2) is 0 Å². The van der Waals surface area contributed by atoms with Crippen LogP contribution in [0.25, 0.3) is 21.8 Å². The van der Waals surface area contributed by atoms with Crippen LogP contribution in [0.15, 0.2) is 36.4 Å². The molecular weight excluding hydrogens is 380 g/mol. The number of fused-ring (bicyclic) bond motifs is 3. The molecule has 3 unspecified atom stereocenters. The number of hydrogen-bond acceptors (Lipinski definition) is 4. The smallest absolute Gasteiger partial charge is 0.407 e. The summed E-state index contributed by atoms with van der Waals surface area (Å²) in [6.07, 6.45) is 0.230. The van der Waals surface area contributed by atoms with Gasteiger partial charge in [0.25, 0.3) is 0 Å². The van der Waals surface area contributed by atoms with Crippen LogP contribution in [0.1, 0.15) is 39.1 Å². The van der Waals surface area contributed by atoms with E-state index in [2.05, 4.69) is 35.4 Å². The third-order valence-corrected chi connectivity index (χ3v) is 5.90. The molecule has 0 bridgehead atoms. The minimum absolute atomic E-state index is 0.0622. The summed E-state index contributed by atoms with van der Waals surface area (Å²) in [5.41, 5.74) is 1.88. The van der Waals surface area contributed by atoms with E-state index in [1.165, 1.54) is 7.11 Å². The van der Waals surface area contributed by atoms with Crippen molar-refractivity contribution in [3.8, 4) is 0 Å². The Morgan fingerprint density at radius 1 is 1.23 bits per heavy atom. The van der Waals surface area contributed by atoms with Gasteiger partial charge in [-0.05, 0) is 29.7 Å². The number of likely N-dealkylation sites (tertiary alicyclic amines) is 1. The average Bonchev–Trinajstić information content (AvgIpc) is 3.34. The molecule has 4 rings (SSSR count). The maximum atomic E-state index is 13.4. The lowest BCUT2D eigenvalue weighted by atomic mass is 10.0. The van der Waals surface area contributed by atoms with Gasteiger partial charge in [-0.1, -0.05) is 51.1 Å². The van der Waals surface area contributed by atoms with E-state index in [1.807, 2.05) is 36.9 Å². The van der Waals surface area contributed by atoms with Crippen molar-refractivity contribution in [3.63, 3.8) is 0 Å². The number of rotatable bonds is 4. The molecule has 0 saturated carbocycles. The number of alkyl carbamates (subject to hydrolysis) is 1. The highest BCUT2D eigenvalue weighted by Gasteiger charge is 2.40. The van der Waals surface area contributed by atoms with Gasteiger partial charge in [0.2, 0.25) is 5.91 Å². The predicted molar refractivity (Wildman–Crippen MR) is 116 cm³/mol. The molecule has 7 heteroatoms. The van der Waals surface area contributed by atoms with Crippen LogP contribution >= 0.6 is 0 Å². The van der Waals surface area contributed by atoms with Crippen LogP contribution in [0.2, 0.25) is 0 Å². The van der Waals surface area contributed by atoms with E-state index in [-0.39, 0.29) is 17.9 Å². The number of aromatic nitrogens is 2. The molecule has 1 aliphatic heterocycles. The third kappa shape index (κ3) is 3.60. The summed E-state index contributed by atoms with van der Waals surface area (Å²) < 4.78 is 4.72. The molecule has 3 atom stereocenters. The van der Waals surface area contributed by atoms with Crippen molar-refractivity contribution >= 4 is 33.8 Å². The maximum Gasteiger partial charge on any atom is 0.407 e. The number of ether oxygens (including phenoxy) is 1. The van der Waals surface area contributed by atoms with Crippen LogP contribution in [0.5, 0.6) is 0 Å². The number of imidazole rings is 1. The van der Waals surface area contributed by atoms with Crippen molar-refractivity contribution in [3.05, 3.63) is 42.2 Å². The van der Waals surface area contributed by atoms with Crippen LogP contribution < -0.4 is 5.32 Å². The maximum absolute atomic E-state index is 13.4. The van der Waals surface area contributed by atoms with Crippen molar-refractivity contribution in [2.45, 2.75) is 39.3 Å². The Morgan fingerprint density at radius 3 is 2.73 bits per heavy atom. The highest BCUT2D eigenvalue weighted by molar-refractivity contribution is 6.04. The lowest BCUT2D eigenvalue weighted by Gasteiger charge is -2.30. The summed E-state index contributed by atoms with van der Waals surface area (Å²) in [6, 6.07) is 11.5. The van der Waals surface area contributed by atoms with Gasteiger partial charge in [-0.2, -0.15) is 0 Å². The minimum atomic E-state index is -0.643. The van der Waals surface area contributed by atoms with Gasteiger partial charge in [-0.3, -0.25) is 4.79 Å². The Bertz CT molecular complexity index is 1090. The summed E-state index contributed by atoms with van der Waals surface area (Å²) >= 11 is 0. The number of nitrogens with one attached hydrogen (secondary N) is 2. The Morgan fingerprint density at radius 2 is 2.00 bits per heavy atom. The summed E-state index contributed by atoms with van der Waals surface area (Å²) in [6.45, 7) is 6.60. The molecule has 1 fully saturated rings. The second kappa shape index (κ2) is 7.97. The Balaban J connectivity index is 1.69. The van der Waals surface area contributed by atoms with Crippen LogP contribution in [-0.4, -0.2) is 46.6 Å². The molecule has 1 aromatic heterocycles. The molecule has 2 aromatic carbocycles. The number of aromatic amines is 1. The molecule has 7 nitrogen and oxygen atoms in total. The Labute approximate surface area is 175 Å². The van der Waals surface area contributed by atoms with Gasteiger partial charge in [0.05, 0.1) is 24.2 Å². The van der Waals surface area contributed by atoms with E-state index in [0.29, 0.717) is 12.5 Å². The molecule has 30 heavy (non-hydrogen) atoms. The number of benzene rings is 2. The van der Waals surface area contributed by atoms with Crippen molar-refractivity contribution in [1.29, 1.82) is 0 Å². The zero-order valence-corrected chi connectivity index (χ0v) is 17.8. The number of hydrogen-bond donors (Lipinski definition) is 2. The molecule has 2 amide bonds. The monoisotopic (exact) mass is 408 g/mol. The second-order valence-corrected chi connectivity index (χ2v) is 8.51. The fraction of sp³-hybridized carbons (Fsp3) is 0.435. The molecule has 0 radical (unpaired) electrons. The first kappa shape index (κ1) is 20.2. The first-order chi connectivity index (χ1) is 14.4. The largest absolute Gasteiger partial charge is 0.453 e. The van der Waals surface area contributed by atoms with E-state index < -0.39 is 12.1 Å². The van der Waals surface area contributed by atoms with Crippen LogP contribution in [-0.2, 0) is 9.53 Å². The lowest BCUT2D eigenvalue weighted by Crippen LogP contribution is -2.51. The summed E-state index contributed by atoms with van der Waals surface area (Å²) in [4.78, 5) is 35.4. The van der Waals surface area contributed by atoms with Gasteiger partial charge >= 0.3 is 6.09 Å². The van der Waals surface area contributed by atoms with Gasteiger partial charge in [0, 0.05) is 11.9 Å². The van der Waals surface area contributed by atoms with Gasteiger partial charge < -0.3 is 19.9 Å². The van der Waals surface area contributed by atoms with E-state index >= 15 is 0 Å². The predicted octanol–water partition coefficient (Wildman–Crippen LogP) is 4.01. The molecule has 0 aliphatic carbocycles. The van der Waals surface area contributed by atoms with Crippen LogP contribution in [0.4, 0.5) is 4.79 Å². The Kier molecular flexibility index (Phi) is 5.37. The van der Waals surface area contributed by atoms with E-state index in [0.717, 1.165) is 34.1 Å². The van der Waals surface area contributed by atoms with Gasteiger partial charge in [0.1, 0.15) is 11.9 Å². The highest BCUT2D eigenvalue weighted by atomic mass is 16.5. The SMILES string of the molecule is COC(=O)NC(C(=O)N1CC(C)CC1c1nc2c(ccc3ccccc32)[nH]1)C(C)C. The fourth-order valence-electron chi connectivity index (χ4n) is 4.35. The standard InChI is InChI=1S/C23H28N4O3/c1-13(2)19(26-23(29)30-4)22(28)27-12-14(3)11-18(27)21-24-17-10-9-15-7-5-6-8-16(15)20(17)25-21/h5-10,13-14,18-19H,11-12H2,1-4H3,(H,24,25)(H,26,29). The molecule has 158 valence electrons. The third-order valence-electron chi connectivity index (χ3n) is 5.90. The normalized spacial score (nSPS) is 20.1. The number of H-pyrrole nitrogens is 1. The average molecular weight is 409 g/mol. The van der Waals surface area contributed by atoms with E-state index in [4.69, 9.17) is 9.72 Å². The highest BCUT2D eigenvalue weighted by Crippen LogP contribution is 2.36. The molecule has 0 spiro atoms.